The Morgan fingerprint density at radius 1 is 1.18 bits per heavy atom. The fourth-order valence-corrected chi connectivity index (χ4v) is 3.62. The highest BCUT2D eigenvalue weighted by molar-refractivity contribution is 9.10. The van der Waals surface area contributed by atoms with Crippen LogP contribution in [0.5, 0.6) is 11.5 Å². The van der Waals surface area contributed by atoms with Crippen LogP contribution in [0.1, 0.15) is 5.56 Å². The smallest absolute Gasteiger partial charge is 0.191 e. The Morgan fingerprint density at radius 2 is 2.04 bits per heavy atom. The van der Waals surface area contributed by atoms with E-state index in [9.17, 15) is 0 Å². The number of pyridine rings is 2. The Labute approximate surface area is 183 Å². The van der Waals surface area contributed by atoms with Crippen molar-refractivity contribution in [1.29, 1.82) is 5.26 Å². The zero-order valence-electron chi connectivity index (χ0n) is 13.9. The van der Waals surface area contributed by atoms with Gasteiger partial charge in [-0.15, -0.1) is 12.4 Å². The largest absolute Gasteiger partial charge is 0.452 e. The highest BCUT2D eigenvalue weighted by Crippen LogP contribution is 2.36. The average molecular weight is 495 g/mol. The molecule has 10 heteroatoms. The summed E-state index contributed by atoms with van der Waals surface area (Å²) in [6, 6.07) is 12.4. The van der Waals surface area contributed by atoms with Crippen molar-refractivity contribution in [3.8, 4) is 17.6 Å². The van der Waals surface area contributed by atoms with Gasteiger partial charge in [0.1, 0.15) is 16.1 Å². The SMILES string of the molecule is Cl.N#Cc1ccc(Oc2cc(Br)cnc2Nc2nc3cccnc3s2)c(Cl)c1. The van der Waals surface area contributed by atoms with Crippen LogP contribution in [0.15, 0.2) is 53.3 Å². The summed E-state index contributed by atoms with van der Waals surface area (Å²) in [4.78, 5) is 14.0. The quantitative estimate of drug-likeness (QED) is 0.356. The molecule has 1 N–H and O–H groups in total. The van der Waals surface area contributed by atoms with E-state index >= 15 is 0 Å². The second-order valence-corrected chi connectivity index (χ2v) is 7.63. The number of nitrogens with one attached hydrogen (secondary N) is 1. The number of nitrogens with zero attached hydrogens (tertiary/aromatic N) is 4. The third-order valence-electron chi connectivity index (χ3n) is 3.49. The molecule has 3 heterocycles. The number of nitriles is 1. The van der Waals surface area contributed by atoms with E-state index < -0.39 is 0 Å². The molecule has 0 radical (unpaired) electrons. The lowest BCUT2D eigenvalue weighted by molar-refractivity contribution is 0.482. The van der Waals surface area contributed by atoms with Gasteiger partial charge in [-0.2, -0.15) is 5.26 Å². The van der Waals surface area contributed by atoms with E-state index in [1.165, 1.54) is 11.3 Å². The van der Waals surface area contributed by atoms with Crippen molar-refractivity contribution in [3.05, 3.63) is 63.9 Å². The van der Waals surface area contributed by atoms with Gasteiger partial charge < -0.3 is 10.1 Å². The summed E-state index contributed by atoms with van der Waals surface area (Å²) in [5.74, 6) is 1.37. The predicted molar refractivity (Wildman–Crippen MR) is 116 cm³/mol. The molecule has 0 aliphatic carbocycles. The number of aromatic nitrogens is 3. The van der Waals surface area contributed by atoms with Crippen molar-refractivity contribution in [3.63, 3.8) is 0 Å². The van der Waals surface area contributed by atoms with Crippen molar-refractivity contribution in [2.45, 2.75) is 0 Å². The first-order valence-corrected chi connectivity index (χ1v) is 9.63. The normalized spacial score (nSPS) is 10.2. The fourth-order valence-electron chi connectivity index (χ4n) is 2.29. The molecule has 0 aliphatic heterocycles. The van der Waals surface area contributed by atoms with Crippen molar-refractivity contribution >= 4 is 72.6 Å². The molecular weight excluding hydrogens is 485 g/mol. The highest BCUT2D eigenvalue weighted by Gasteiger charge is 2.13. The summed E-state index contributed by atoms with van der Waals surface area (Å²) >= 11 is 11.0. The molecule has 0 fully saturated rings. The lowest BCUT2D eigenvalue weighted by atomic mass is 10.2. The molecule has 0 bridgehead atoms. The first-order valence-electron chi connectivity index (χ1n) is 7.64. The van der Waals surface area contributed by atoms with E-state index in [0.717, 1.165) is 14.8 Å². The van der Waals surface area contributed by atoms with Crippen molar-refractivity contribution in [1.82, 2.24) is 15.0 Å². The Hall–Kier alpha value is -2.44. The minimum Gasteiger partial charge on any atom is -0.452 e. The van der Waals surface area contributed by atoms with Gasteiger partial charge in [0.15, 0.2) is 16.7 Å². The van der Waals surface area contributed by atoms with Gasteiger partial charge in [0.25, 0.3) is 0 Å². The molecular formula is C18H10BrCl2N5OS. The Bertz CT molecular complexity index is 1160. The number of benzene rings is 1. The fraction of sp³-hybridized carbons (Fsp3) is 0. The lowest BCUT2D eigenvalue weighted by Crippen LogP contribution is -1.97. The average Bonchev–Trinajstić information content (AvgIpc) is 3.08. The Balaban J connectivity index is 0.00000225. The summed E-state index contributed by atoms with van der Waals surface area (Å²) in [5.41, 5.74) is 1.26. The molecule has 4 aromatic rings. The number of fused-ring (bicyclic) bond motifs is 1. The molecule has 4 rings (SSSR count). The molecule has 1 aromatic carbocycles. The van der Waals surface area contributed by atoms with Crippen LogP contribution in [0, 0.1) is 11.3 Å². The first-order chi connectivity index (χ1) is 13.1. The number of hydrogen-bond donors (Lipinski definition) is 1. The van der Waals surface area contributed by atoms with E-state index in [0.29, 0.717) is 33.0 Å². The number of ether oxygens (including phenoxy) is 1. The van der Waals surface area contributed by atoms with E-state index in [4.69, 9.17) is 21.6 Å². The van der Waals surface area contributed by atoms with Gasteiger partial charge in [0, 0.05) is 22.9 Å². The van der Waals surface area contributed by atoms with Crippen LogP contribution in [0.2, 0.25) is 5.02 Å². The van der Waals surface area contributed by atoms with Gasteiger partial charge in [0.05, 0.1) is 16.7 Å². The third kappa shape index (κ3) is 4.34. The van der Waals surface area contributed by atoms with Crippen molar-refractivity contribution in [2.24, 2.45) is 0 Å². The minimum absolute atomic E-state index is 0. The molecule has 0 aliphatic rings. The molecule has 140 valence electrons. The molecule has 3 aromatic heterocycles. The number of rotatable bonds is 4. The zero-order valence-corrected chi connectivity index (χ0v) is 17.9. The van der Waals surface area contributed by atoms with Crippen LogP contribution in [0.3, 0.4) is 0 Å². The molecule has 0 spiro atoms. The van der Waals surface area contributed by atoms with E-state index in [1.807, 2.05) is 18.2 Å². The monoisotopic (exact) mass is 493 g/mol. The number of thiazole rings is 1. The van der Waals surface area contributed by atoms with Crippen LogP contribution in [-0.2, 0) is 0 Å². The molecule has 0 atom stereocenters. The summed E-state index contributed by atoms with van der Waals surface area (Å²) in [6.07, 6.45) is 3.38. The van der Waals surface area contributed by atoms with E-state index in [2.05, 4.69) is 36.2 Å². The van der Waals surface area contributed by atoms with Crippen LogP contribution in [0.25, 0.3) is 10.3 Å². The maximum absolute atomic E-state index is 8.96. The zero-order chi connectivity index (χ0) is 18.8. The standard InChI is InChI=1S/C18H9BrClN5OS.ClH/c19-11-7-15(26-14-4-3-10(8-21)6-12(14)20)16(23-9-11)25-18-24-13-2-1-5-22-17(13)27-18;/h1-7,9H,(H,23,24,25);1H. The van der Waals surface area contributed by atoms with Crippen LogP contribution in [0.4, 0.5) is 10.9 Å². The molecule has 0 saturated heterocycles. The van der Waals surface area contributed by atoms with Gasteiger partial charge in [0.2, 0.25) is 0 Å². The molecule has 28 heavy (non-hydrogen) atoms. The summed E-state index contributed by atoms with van der Waals surface area (Å²) < 4.78 is 6.68. The maximum Gasteiger partial charge on any atom is 0.191 e. The summed E-state index contributed by atoms with van der Waals surface area (Å²) in [7, 11) is 0. The summed E-state index contributed by atoms with van der Waals surface area (Å²) in [5, 5.41) is 13.1. The van der Waals surface area contributed by atoms with Crippen molar-refractivity contribution < 1.29 is 4.74 Å². The highest BCUT2D eigenvalue weighted by atomic mass is 79.9. The maximum atomic E-state index is 8.96. The van der Waals surface area contributed by atoms with Gasteiger partial charge in [-0.1, -0.05) is 22.9 Å². The number of hydrogen-bond acceptors (Lipinski definition) is 7. The van der Waals surface area contributed by atoms with E-state index in [-0.39, 0.29) is 12.4 Å². The molecule has 6 nitrogen and oxygen atoms in total. The summed E-state index contributed by atoms with van der Waals surface area (Å²) in [6.45, 7) is 0. The Morgan fingerprint density at radius 3 is 2.79 bits per heavy atom. The molecule has 0 unspecified atom stereocenters. The Kier molecular flexibility index (Phi) is 6.31. The van der Waals surface area contributed by atoms with E-state index in [1.54, 1.807) is 36.7 Å². The van der Waals surface area contributed by atoms with Crippen LogP contribution < -0.4 is 10.1 Å². The third-order valence-corrected chi connectivity index (χ3v) is 5.12. The number of halogens is 3. The van der Waals surface area contributed by atoms with Gasteiger partial charge in [-0.3, -0.25) is 0 Å². The second kappa shape index (κ2) is 8.71. The molecule has 0 saturated carbocycles. The van der Waals surface area contributed by atoms with Crippen LogP contribution in [-0.4, -0.2) is 15.0 Å². The minimum atomic E-state index is 0. The molecule has 0 amide bonds. The van der Waals surface area contributed by atoms with Crippen LogP contribution >= 0.6 is 51.3 Å². The van der Waals surface area contributed by atoms with Gasteiger partial charge >= 0.3 is 0 Å². The topological polar surface area (TPSA) is 83.7 Å². The lowest BCUT2D eigenvalue weighted by Gasteiger charge is -2.12. The number of anilines is 2. The van der Waals surface area contributed by atoms with Crippen molar-refractivity contribution in [2.75, 3.05) is 5.32 Å². The second-order valence-electron chi connectivity index (χ2n) is 5.33. The first kappa shape index (κ1) is 20.3. The van der Waals surface area contributed by atoms with Gasteiger partial charge in [-0.05, 0) is 46.3 Å². The predicted octanol–water partition coefficient (Wildman–Crippen LogP) is 6.33. The van der Waals surface area contributed by atoms with Gasteiger partial charge in [-0.25, -0.2) is 15.0 Å².